The SMILES string of the molecule is COC(=O)Cc1ccc(O)c(I)c1.COCOc1ccc(B(O)O)cc1.COCOc1ccc(Oc2ccc(CC(=O)OC)cc2I)cc1.COCOc1ccc(Oc2ccc(CC=O)cc2I)cc1.Cl.Cl.[3H]C(Cc1ccc(Oc2ccc(OCOC)cc2)c(I)c1)NC(=O)OC(C)(C)C.[3H]C(N)Cc1ccc(Oc2ccc(O)cc2)c(I)c1. The zero-order valence-corrected chi connectivity index (χ0v) is 78.1. The van der Waals surface area contributed by atoms with Gasteiger partial charge in [0.25, 0.3) is 0 Å². The minimum atomic E-state index is -1.43. The normalized spacial score (nSPS) is 10.9. The van der Waals surface area contributed by atoms with Crippen LogP contribution in [0.3, 0.4) is 0 Å². The van der Waals surface area contributed by atoms with Gasteiger partial charge in [-0.15, -0.1) is 24.8 Å². The monoisotopic (exact) mass is 2230 g/mol. The van der Waals surface area contributed by atoms with Crippen LogP contribution in [0, 0.1) is 17.9 Å². The molecule has 0 bridgehead atoms. The summed E-state index contributed by atoms with van der Waals surface area (Å²) in [4.78, 5) is 44.5. The molecule has 634 valence electrons. The Balaban J connectivity index is 0.000000378. The third-order valence-corrected chi connectivity index (χ3v) is 18.8. The summed E-state index contributed by atoms with van der Waals surface area (Å²) in [5.41, 5.74) is 9.94. The number of benzene rings is 10. The third kappa shape index (κ3) is 41.9. The second kappa shape index (κ2) is 58.1. The van der Waals surface area contributed by atoms with E-state index in [9.17, 15) is 29.4 Å². The van der Waals surface area contributed by atoms with Crippen molar-refractivity contribution in [2.45, 2.75) is 58.5 Å². The maximum atomic E-state index is 11.8. The Morgan fingerprint density at radius 2 is 0.737 bits per heavy atom. The predicted octanol–water partition coefficient (Wildman–Crippen LogP) is 17.9. The van der Waals surface area contributed by atoms with Gasteiger partial charge in [0, 0.05) is 44.1 Å². The fraction of sp³-hybridized carbons (Fsp3) is 0.247. The summed E-state index contributed by atoms with van der Waals surface area (Å²) in [6, 6.07) is 62.6. The largest absolute Gasteiger partial charge is 0.508 e. The van der Waals surface area contributed by atoms with Gasteiger partial charge in [0.05, 0.1) is 44.9 Å². The van der Waals surface area contributed by atoms with E-state index in [1.807, 2.05) is 168 Å². The number of halogens is 7. The predicted molar refractivity (Wildman–Crippen MR) is 498 cm³/mol. The number of nitrogens with one attached hydrogen (secondary N) is 1. The van der Waals surface area contributed by atoms with Gasteiger partial charge in [-0.1, -0.05) is 42.5 Å². The van der Waals surface area contributed by atoms with E-state index in [-0.39, 0.29) is 88.3 Å². The molecule has 0 radical (unpaired) electrons. The Morgan fingerprint density at radius 1 is 0.432 bits per heavy atom. The van der Waals surface area contributed by atoms with E-state index in [4.69, 9.17) is 80.1 Å². The number of aldehydes is 1. The zero-order chi connectivity index (χ0) is 86.5. The molecule has 0 heterocycles. The van der Waals surface area contributed by atoms with Crippen molar-refractivity contribution >= 4 is 175 Å². The first-order chi connectivity index (χ1) is 56.4. The molecule has 0 aliphatic heterocycles. The van der Waals surface area contributed by atoms with E-state index in [1.165, 1.54) is 21.3 Å². The van der Waals surface area contributed by atoms with Crippen molar-refractivity contribution in [3.8, 4) is 80.5 Å². The molecule has 118 heavy (non-hydrogen) atoms. The van der Waals surface area contributed by atoms with Crippen molar-refractivity contribution in [1.82, 2.24) is 5.32 Å². The highest BCUT2D eigenvalue weighted by atomic mass is 127. The van der Waals surface area contributed by atoms with Crippen LogP contribution in [0.4, 0.5) is 4.79 Å². The molecule has 10 aromatic rings. The van der Waals surface area contributed by atoms with E-state index in [2.05, 4.69) is 105 Å². The summed E-state index contributed by atoms with van der Waals surface area (Å²) >= 11 is 10.8. The van der Waals surface area contributed by atoms with Gasteiger partial charge in [0.2, 0.25) is 0 Å². The van der Waals surface area contributed by atoms with Gasteiger partial charge in [-0.2, -0.15) is 0 Å². The molecule has 7 N–H and O–H groups in total. The summed E-state index contributed by atoms with van der Waals surface area (Å²) in [6.07, 6.45) is 2.10. The van der Waals surface area contributed by atoms with E-state index < -0.39 is 31.9 Å². The number of esters is 2. The van der Waals surface area contributed by atoms with Crippen LogP contribution in [0.2, 0.25) is 0 Å². The standard InChI is InChI=1S/C21H26INO5.C17H17IO5.C16H15IO4.C14H14INO2.C9H9IO3.C8H11BO4.2ClH/c1-21(2,3)28-20(24)23-12-11-15-5-10-19(18(22)13-15)27-17-8-6-16(7-9-17)26-14-25-4;1-20-11-22-13-4-6-14(7-5-13)23-16-8-3-12(9-15(16)18)10-17(19)21-2;1-19-11-20-13-3-5-14(6-4-13)21-16-7-2-12(8-9-18)10-15(16)17;15-13-9-10(7-8-16)1-6-14(13)18-12-4-2-11(17)3-5-12;1-13-9(12)5-6-2-3-8(11)7(10)4-6;1-12-6-13-8-4-2-7(3-5-8)9(10)11;;/h5-10,13H,11-12,14H2,1-4H3,(H,23,24);3-9H,10-11H2,1-2H3;2-7,9-10H,8,11H2,1H3;1-6,9,17H,7-8,16H2;2-4,11H,5H2,1H3;2-5,10-11H,6H2,1H3;2*1H/i12T;;;8T;;;;. The summed E-state index contributed by atoms with van der Waals surface area (Å²) in [5, 5.41) is 38.5. The summed E-state index contributed by atoms with van der Waals surface area (Å²) in [7, 11) is 7.55. The summed E-state index contributed by atoms with van der Waals surface area (Å²) < 4.78 is 97.9. The lowest BCUT2D eigenvalue weighted by atomic mass is 9.80. The van der Waals surface area contributed by atoms with E-state index in [0.717, 1.165) is 80.7 Å². The molecule has 0 aromatic heterocycles. The highest BCUT2D eigenvalue weighted by molar-refractivity contribution is 14.1. The smallest absolute Gasteiger partial charge is 0.488 e. The first-order valence-electron chi connectivity index (χ1n) is 36.1. The number of alkyl carbamates (subject to hydrolysis) is 1. The number of phenols is 2. The number of nitrogens with two attached hydrogens (primary N) is 1. The molecule has 0 aliphatic rings. The number of aryl methyl sites for hydroxylation is 2. The Hall–Kier alpha value is -7.91. The van der Waals surface area contributed by atoms with Crippen LogP contribution in [0.25, 0.3) is 0 Å². The van der Waals surface area contributed by atoms with Gasteiger partial charge >= 0.3 is 25.2 Å². The number of carbonyl (C=O) groups excluding carboxylic acids is 4. The first kappa shape index (κ1) is 101. The molecule has 0 fully saturated rings. The number of hydrogen-bond donors (Lipinski definition) is 6. The lowest BCUT2D eigenvalue weighted by Crippen LogP contribution is -2.33. The number of amides is 1. The average Bonchev–Trinajstić information content (AvgIpc) is 0.856. The minimum absolute atomic E-state index is 0. The van der Waals surface area contributed by atoms with Crippen LogP contribution in [0.1, 0.15) is 51.3 Å². The second-order valence-corrected chi connectivity index (χ2v) is 30.5. The molecule has 0 spiro atoms. The molecule has 0 saturated heterocycles. The number of hydrogen-bond acceptors (Lipinski definition) is 24. The van der Waals surface area contributed by atoms with E-state index in [1.54, 1.807) is 109 Å². The van der Waals surface area contributed by atoms with Crippen LogP contribution >= 0.6 is 138 Å². The minimum Gasteiger partial charge on any atom is -0.508 e. The third-order valence-electron chi connectivity index (χ3n) is 14.5. The Labute approximate surface area is 771 Å². The molecule has 10 aromatic carbocycles. The van der Waals surface area contributed by atoms with E-state index in [0.29, 0.717) is 65.0 Å². The quantitative estimate of drug-likeness (QED) is 0.00570. The van der Waals surface area contributed by atoms with Crippen molar-refractivity contribution in [2.75, 3.05) is 82.9 Å². The molecular weight excluding hydrogens is 2130 g/mol. The van der Waals surface area contributed by atoms with Crippen molar-refractivity contribution in [3.63, 3.8) is 0 Å². The van der Waals surface area contributed by atoms with Gasteiger partial charge in [-0.25, -0.2) is 4.79 Å². The summed E-state index contributed by atoms with van der Waals surface area (Å²) in [6.45, 7) is 4.76. The summed E-state index contributed by atoms with van der Waals surface area (Å²) in [5.74, 6) is 8.38. The molecule has 33 heteroatoms. The average molecular weight is 2230 g/mol. The van der Waals surface area contributed by atoms with Gasteiger partial charge in [0.1, 0.15) is 92.4 Å². The highest BCUT2D eigenvalue weighted by Crippen LogP contribution is 2.34. The van der Waals surface area contributed by atoms with Gasteiger partial charge in [-0.05, 0) is 356 Å². The Kier molecular flexibility index (Phi) is 49.6. The molecule has 10 rings (SSSR count). The maximum Gasteiger partial charge on any atom is 0.488 e. The van der Waals surface area contributed by atoms with Crippen molar-refractivity contribution < 1.29 is 113 Å². The van der Waals surface area contributed by atoms with E-state index >= 15 is 0 Å². The van der Waals surface area contributed by atoms with Crippen LogP contribution in [-0.4, -0.2) is 140 Å². The zero-order valence-electron chi connectivity index (χ0n) is 67.7. The molecule has 25 nitrogen and oxygen atoms in total. The highest BCUT2D eigenvalue weighted by Gasteiger charge is 2.17. The van der Waals surface area contributed by atoms with Crippen LogP contribution < -0.4 is 54.4 Å². The lowest BCUT2D eigenvalue weighted by molar-refractivity contribution is -0.140. The number of carbonyl (C=O) groups is 4. The van der Waals surface area contributed by atoms with Crippen LogP contribution in [-0.2, 0) is 79.6 Å². The maximum absolute atomic E-state index is 11.8. The molecule has 0 aliphatic carbocycles. The Bertz CT molecular complexity index is 4690. The molecular formula is C85H94BCl2I5N2O23. The van der Waals surface area contributed by atoms with Crippen molar-refractivity contribution in [2.24, 2.45) is 5.73 Å². The molecule has 0 saturated carbocycles. The van der Waals surface area contributed by atoms with Gasteiger partial charge < -0.3 is 107 Å². The van der Waals surface area contributed by atoms with Gasteiger partial charge in [-0.3, -0.25) is 9.59 Å². The second-order valence-electron chi connectivity index (χ2n) is 24.7. The van der Waals surface area contributed by atoms with Crippen LogP contribution in [0.15, 0.2) is 212 Å². The number of phenolic OH excluding ortho intramolecular Hbond substituents is 2. The Morgan fingerprint density at radius 3 is 1.06 bits per heavy atom. The topological polar surface area (TPSA) is 326 Å². The fourth-order valence-electron chi connectivity index (χ4n) is 9.01. The van der Waals surface area contributed by atoms with Crippen LogP contribution in [0.5, 0.6) is 80.5 Å². The first-order valence-corrected chi connectivity index (χ1v) is 40.3. The molecule has 2 atom stereocenters. The fourth-order valence-corrected chi connectivity index (χ4v) is 12.3. The lowest BCUT2D eigenvalue weighted by Gasteiger charge is -2.19. The van der Waals surface area contributed by atoms with Crippen molar-refractivity contribution in [3.05, 3.63) is 258 Å². The number of aromatic hydroxyl groups is 2. The number of methoxy groups -OCH3 is 6. The number of rotatable bonds is 32. The van der Waals surface area contributed by atoms with Gasteiger partial charge in [0.15, 0.2) is 27.2 Å². The number of ether oxygens (including phenoxy) is 15. The molecule has 2 unspecified atom stereocenters. The molecule has 1 amide bonds. The van der Waals surface area contributed by atoms with Crippen molar-refractivity contribution in [1.29, 1.82) is 0 Å².